The summed E-state index contributed by atoms with van der Waals surface area (Å²) in [6, 6.07) is 0. The van der Waals surface area contributed by atoms with Crippen molar-refractivity contribution in [2.75, 3.05) is 5.75 Å². The molecule has 2 aromatic carbocycles. The Morgan fingerprint density at radius 1 is 0.897 bits per heavy atom. The van der Waals surface area contributed by atoms with E-state index < -0.39 is 94.2 Å². The zero-order valence-electron chi connectivity index (χ0n) is 19.1. The van der Waals surface area contributed by atoms with Crippen LogP contribution in [0.1, 0.15) is 24.2 Å². The van der Waals surface area contributed by atoms with Crippen LogP contribution in [0.4, 0.5) is 39.5 Å². The first kappa shape index (κ1) is 30.4. The number of halogens is 9. The zero-order valence-corrected chi connectivity index (χ0v) is 21.5. The molecule has 2 heterocycles. The van der Waals surface area contributed by atoms with Crippen molar-refractivity contribution in [3.05, 3.63) is 64.1 Å². The number of carbonyl (C=O) groups is 1. The lowest BCUT2D eigenvalue weighted by Gasteiger charge is -2.09. The van der Waals surface area contributed by atoms with Gasteiger partial charge in [0, 0.05) is 0 Å². The molecule has 2 aromatic heterocycles. The number of Topliss-reactive ketones (excluding diaryl/α,β-unsaturated/α-hetero) is 1. The summed E-state index contributed by atoms with van der Waals surface area (Å²) in [5.74, 6) is -17.9. The first-order valence-electron chi connectivity index (χ1n) is 9.93. The maximum atomic E-state index is 14.2. The van der Waals surface area contributed by atoms with E-state index in [1.165, 1.54) is 0 Å². The fraction of sp³-hybridized carbons (Fsp3) is 0.150. The van der Waals surface area contributed by atoms with Crippen LogP contribution in [0.15, 0.2) is 15.4 Å². The second-order valence-electron chi connectivity index (χ2n) is 7.16. The van der Waals surface area contributed by atoms with Gasteiger partial charge in [0.15, 0.2) is 52.3 Å². The number of thioether (sulfide) groups is 1. The Kier molecular flexibility index (Phi) is 8.68. The maximum Gasteiger partial charge on any atom is 0.267 e. The number of rotatable bonds is 5. The average Bonchev–Trinajstić information content (AvgIpc) is 3.43. The number of aromatic nitrogens is 3. The van der Waals surface area contributed by atoms with Gasteiger partial charge in [0.05, 0.1) is 27.9 Å². The minimum Gasteiger partial charge on any atom is -0.294 e. The Labute approximate surface area is 220 Å². The molecule has 2 N–H and O–H groups in total. The van der Waals surface area contributed by atoms with E-state index in [4.69, 9.17) is 5.14 Å². The van der Waals surface area contributed by atoms with E-state index in [9.17, 15) is 52.7 Å². The van der Waals surface area contributed by atoms with Crippen LogP contribution in [0.5, 0.6) is 0 Å². The molecule has 0 aliphatic heterocycles. The summed E-state index contributed by atoms with van der Waals surface area (Å²) in [5, 5.41) is 8.52. The smallest absolute Gasteiger partial charge is 0.267 e. The molecule has 4 aromatic rings. The highest BCUT2D eigenvalue weighted by molar-refractivity contribution is 7.99. The number of hydrogen-bond donors (Lipinski definition) is 1. The van der Waals surface area contributed by atoms with Crippen LogP contribution in [0.2, 0.25) is 0 Å². The minimum absolute atomic E-state index is 0.0642. The molecule has 0 aliphatic rings. The van der Waals surface area contributed by atoms with Gasteiger partial charge < -0.3 is 0 Å². The largest absolute Gasteiger partial charge is 0.294 e. The second kappa shape index (κ2) is 11.1. The van der Waals surface area contributed by atoms with E-state index in [0.29, 0.717) is 30.0 Å². The Bertz CT molecular complexity index is 1650. The van der Waals surface area contributed by atoms with Gasteiger partial charge in [-0.2, -0.15) is 0 Å². The maximum absolute atomic E-state index is 14.2. The summed E-state index contributed by atoms with van der Waals surface area (Å²) in [7, 11) is -4.08. The Morgan fingerprint density at radius 2 is 1.38 bits per heavy atom. The summed E-state index contributed by atoms with van der Waals surface area (Å²) in [4.78, 5) is 13.5. The van der Waals surface area contributed by atoms with Gasteiger partial charge in [-0.3, -0.25) is 4.79 Å². The number of carbonyl (C=O) groups excluding carboxylic acids is 1. The summed E-state index contributed by atoms with van der Waals surface area (Å²) in [6.07, 6.45) is 0.952. The molecule has 210 valence electrons. The number of primary sulfonamides is 1. The molecule has 7 nitrogen and oxygen atoms in total. The van der Waals surface area contributed by atoms with Crippen molar-refractivity contribution in [1.82, 2.24) is 14.6 Å². The summed E-state index contributed by atoms with van der Waals surface area (Å²) in [5.41, 5.74) is -2.84. The van der Waals surface area contributed by atoms with E-state index in [2.05, 4.69) is 10.1 Å². The lowest BCUT2D eigenvalue weighted by atomic mass is 10.1. The fourth-order valence-electron chi connectivity index (χ4n) is 2.94. The normalized spacial score (nSPS) is 11.6. The highest BCUT2D eigenvalue weighted by atomic mass is 32.2. The minimum atomic E-state index is -4.08. The zero-order chi connectivity index (χ0) is 29.6. The van der Waals surface area contributed by atoms with Crippen molar-refractivity contribution in [3.8, 4) is 11.3 Å². The molecule has 39 heavy (non-hydrogen) atoms. The first-order valence-corrected chi connectivity index (χ1v) is 13.3. The molecule has 19 heteroatoms. The molecule has 0 saturated carbocycles. The van der Waals surface area contributed by atoms with Crippen LogP contribution in [0, 0.1) is 52.4 Å². The predicted octanol–water partition coefficient (Wildman–Crippen LogP) is 5.36. The molecule has 0 spiro atoms. The molecule has 0 atom stereocenters. The monoisotopic (exact) mass is 622 g/mol. The number of hydrogen-bond acceptors (Lipinski definition) is 7. The van der Waals surface area contributed by atoms with Crippen molar-refractivity contribution in [1.29, 1.82) is 0 Å². The standard InChI is InChI=1S/C12H8F4N4O2S3.C8H3F5O/c1-2-23-10-8(15)6(13)5(7(14)9(10)16)4-3-20-11(18-4)24-12(19-20)25(17,21)22;1-2(14)3-4(9)6(11)8(13)7(12)5(3)10/h3H,2H2,1H3,(H2,17,21,22);1H3. The molecule has 0 radical (unpaired) electrons. The average molecular weight is 623 g/mol. The van der Waals surface area contributed by atoms with Crippen LogP contribution < -0.4 is 5.14 Å². The topological polar surface area (TPSA) is 107 Å². The van der Waals surface area contributed by atoms with Gasteiger partial charge in [0.1, 0.15) is 0 Å². The molecule has 0 aliphatic carbocycles. The number of sulfonamides is 1. The number of benzene rings is 2. The van der Waals surface area contributed by atoms with Crippen LogP contribution in [0.3, 0.4) is 0 Å². The first-order chi connectivity index (χ1) is 18.0. The van der Waals surface area contributed by atoms with Gasteiger partial charge in [-0.1, -0.05) is 18.3 Å². The van der Waals surface area contributed by atoms with E-state index in [1.54, 1.807) is 6.92 Å². The third-order valence-corrected chi connectivity index (χ3v) is 7.77. The van der Waals surface area contributed by atoms with Crippen LogP contribution in [-0.2, 0) is 10.0 Å². The summed E-state index contributed by atoms with van der Waals surface area (Å²) < 4.78 is 142. The van der Waals surface area contributed by atoms with Crippen molar-refractivity contribution < 1.29 is 52.7 Å². The number of fused-ring (bicyclic) bond motifs is 1. The molecular formula is C20H11F9N4O3S3. The molecule has 4 rings (SSSR count). The molecular weight excluding hydrogens is 611 g/mol. The number of nitrogens with two attached hydrogens (primary N) is 1. The quantitative estimate of drug-likeness (QED) is 0.106. The number of ketones is 1. The van der Waals surface area contributed by atoms with Crippen LogP contribution >= 0.6 is 23.1 Å². The molecule has 0 saturated heterocycles. The van der Waals surface area contributed by atoms with Crippen LogP contribution in [0.25, 0.3) is 16.2 Å². The fourth-order valence-corrected chi connectivity index (χ4v) is 5.17. The third kappa shape index (κ3) is 5.61. The van der Waals surface area contributed by atoms with Gasteiger partial charge in [-0.15, -0.1) is 16.9 Å². The van der Waals surface area contributed by atoms with Gasteiger partial charge in [0.25, 0.3) is 10.0 Å². The summed E-state index contributed by atoms with van der Waals surface area (Å²) in [6.45, 7) is 2.28. The molecule has 0 unspecified atom stereocenters. The second-order valence-corrected chi connectivity index (χ2v) is 11.1. The summed E-state index contributed by atoms with van der Waals surface area (Å²) >= 11 is 1.17. The lowest BCUT2D eigenvalue weighted by molar-refractivity contribution is 0.100. The van der Waals surface area contributed by atoms with Crippen LogP contribution in [-0.4, -0.2) is 34.6 Å². The Hall–Kier alpha value is -3.16. The molecule has 0 amide bonds. The van der Waals surface area contributed by atoms with E-state index in [1.807, 2.05) is 0 Å². The Morgan fingerprint density at radius 3 is 1.79 bits per heavy atom. The highest BCUT2D eigenvalue weighted by Crippen LogP contribution is 2.36. The number of nitrogens with zero attached hydrogens (tertiary/aromatic N) is 3. The molecule has 0 bridgehead atoms. The van der Waals surface area contributed by atoms with Gasteiger partial charge in [-0.05, 0) is 12.7 Å². The lowest BCUT2D eigenvalue weighted by Crippen LogP contribution is -2.12. The van der Waals surface area contributed by atoms with E-state index in [0.717, 1.165) is 10.7 Å². The Balaban J connectivity index is 0.000000255. The predicted molar refractivity (Wildman–Crippen MR) is 120 cm³/mol. The van der Waals surface area contributed by atoms with Crippen molar-refractivity contribution in [3.63, 3.8) is 0 Å². The van der Waals surface area contributed by atoms with E-state index >= 15 is 0 Å². The van der Waals surface area contributed by atoms with E-state index in [-0.39, 0.29) is 10.7 Å². The van der Waals surface area contributed by atoms with Gasteiger partial charge in [-0.25, -0.2) is 62.6 Å². The number of imidazole rings is 1. The van der Waals surface area contributed by atoms with Crippen molar-refractivity contribution in [2.24, 2.45) is 5.14 Å². The van der Waals surface area contributed by atoms with Gasteiger partial charge >= 0.3 is 0 Å². The highest BCUT2D eigenvalue weighted by Gasteiger charge is 2.29. The van der Waals surface area contributed by atoms with Crippen molar-refractivity contribution in [2.45, 2.75) is 23.1 Å². The SMILES string of the molecule is CC(=O)c1c(F)c(F)c(F)c(F)c1F.CCSc1c(F)c(F)c(-c2cn3nc(S(N)(=O)=O)sc3n2)c(F)c1F. The van der Waals surface area contributed by atoms with Gasteiger partial charge in [0.2, 0.25) is 15.1 Å². The third-order valence-electron chi connectivity index (χ3n) is 4.60. The molecule has 0 fully saturated rings. The van der Waals surface area contributed by atoms with Crippen molar-refractivity contribution >= 4 is 43.9 Å².